The quantitative estimate of drug-likeness (QED) is 0.682. The molecule has 2 heteroatoms. The average molecular weight is 211 g/mol. The van der Waals surface area contributed by atoms with Crippen LogP contribution >= 0.6 is 0 Å². The monoisotopic (exact) mass is 211 g/mol. The van der Waals surface area contributed by atoms with E-state index in [4.69, 9.17) is 4.74 Å². The fraction of sp³-hybridized carbons (Fsp3) is 0.846. The minimum absolute atomic E-state index is 0.0155. The van der Waals surface area contributed by atoms with E-state index in [1.54, 1.807) is 0 Å². The molecule has 1 rings (SSSR count). The van der Waals surface area contributed by atoms with Crippen LogP contribution in [0.5, 0.6) is 0 Å². The van der Waals surface area contributed by atoms with Gasteiger partial charge in [-0.15, -0.1) is 6.58 Å². The van der Waals surface area contributed by atoms with Crippen LogP contribution in [0.1, 0.15) is 46.0 Å². The minimum Gasteiger partial charge on any atom is -0.374 e. The molecular weight excluding hydrogens is 186 g/mol. The SMILES string of the molecule is C=CCC(NCCC)C1(C)CCCCO1. The number of ether oxygens (including phenoxy) is 1. The Balaban J connectivity index is 2.54. The van der Waals surface area contributed by atoms with Crippen LogP contribution in [0.4, 0.5) is 0 Å². The summed E-state index contributed by atoms with van der Waals surface area (Å²) in [5.74, 6) is 0. The van der Waals surface area contributed by atoms with Crippen LogP contribution < -0.4 is 5.32 Å². The summed E-state index contributed by atoms with van der Waals surface area (Å²) in [4.78, 5) is 0. The number of nitrogens with one attached hydrogen (secondary N) is 1. The first kappa shape index (κ1) is 12.7. The zero-order chi connectivity index (χ0) is 11.1. The predicted octanol–water partition coefficient (Wildman–Crippen LogP) is 2.89. The molecule has 1 saturated heterocycles. The Bertz CT molecular complexity index is 185. The molecule has 0 radical (unpaired) electrons. The first-order chi connectivity index (χ1) is 7.23. The normalized spacial score (nSPS) is 28.7. The predicted molar refractivity (Wildman–Crippen MR) is 65.1 cm³/mol. The summed E-state index contributed by atoms with van der Waals surface area (Å²) >= 11 is 0. The van der Waals surface area contributed by atoms with Gasteiger partial charge in [0.15, 0.2) is 0 Å². The molecule has 15 heavy (non-hydrogen) atoms. The molecule has 1 aliphatic rings. The van der Waals surface area contributed by atoms with E-state index in [0.29, 0.717) is 6.04 Å². The van der Waals surface area contributed by atoms with Gasteiger partial charge < -0.3 is 10.1 Å². The second-order valence-electron chi connectivity index (χ2n) is 4.65. The second kappa shape index (κ2) is 6.29. The molecule has 0 aromatic heterocycles. The lowest BCUT2D eigenvalue weighted by Gasteiger charge is -2.41. The van der Waals surface area contributed by atoms with Crippen molar-refractivity contribution < 1.29 is 4.74 Å². The molecule has 2 atom stereocenters. The van der Waals surface area contributed by atoms with Gasteiger partial charge in [-0.2, -0.15) is 0 Å². The van der Waals surface area contributed by atoms with Gasteiger partial charge in [0.1, 0.15) is 0 Å². The van der Waals surface area contributed by atoms with Gasteiger partial charge in [0.05, 0.1) is 5.60 Å². The molecule has 1 heterocycles. The van der Waals surface area contributed by atoms with Crippen LogP contribution in [0.15, 0.2) is 12.7 Å². The highest BCUT2D eigenvalue weighted by Gasteiger charge is 2.35. The van der Waals surface area contributed by atoms with E-state index in [0.717, 1.165) is 19.6 Å². The van der Waals surface area contributed by atoms with Gasteiger partial charge in [-0.05, 0) is 45.6 Å². The molecule has 0 aromatic rings. The third kappa shape index (κ3) is 3.62. The van der Waals surface area contributed by atoms with Gasteiger partial charge in [-0.1, -0.05) is 13.0 Å². The third-order valence-electron chi connectivity index (χ3n) is 3.28. The second-order valence-corrected chi connectivity index (χ2v) is 4.65. The topological polar surface area (TPSA) is 21.3 Å². The van der Waals surface area contributed by atoms with E-state index in [1.807, 2.05) is 6.08 Å². The summed E-state index contributed by atoms with van der Waals surface area (Å²) in [5, 5.41) is 3.58. The van der Waals surface area contributed by atoms with Crippen molar-refractivity contribution in [1.82, 2.24) is 5.32 Å². The van der Waals surface area contributed by atoms with E-state index < -0.39 is 0 Å². The van der Waals surface area contributed by atoms with Gasteiger partial charge in [-0.25, -0.2) is 0 Å². The molecule has 0 aliphatic carbocycles. The highest BCUT2D eigenvalue weighted by Crippen LogP contribution is 2.29. The van der Waals surface area contributed by atoms with E-state index in [-0.39, 0.29) is 5.60 Å². The van der Waals surface area contributed by atoms with Crippen LogP contribution in [0, 0.1) is 0 Å². The first-order valence-electron chi connectivity index (χ1n) is 6.21. The van der Waals surface area contributed by atoms with Crippen LogP contribution in [-0.4, -0.2) is 24.8 Å². The van der Waals surface area contributed by atoms with Crippen LogP contribution in [0.3, 0.4) is 0 Å². The fourth-order valence-electron chi connectivity index (χ4n) is 2.26. The minimum atomic E-state index is 0.0155. The maximum atomic E-state index is 5.97. The van der Waals surface area contributed by atoms with Crippen molar-refractivity contribution in [2.24, 2.45) is 0 Å². The Morgan fingerprint density at radius 3 is 2.87 bits per heavy atom. The lowest BCUT2D eigenvalue weighted by atomic mass is 9.86. The Morgan fingerprint density at radius 2 is 2.33 bits per heavy atom. The van der Waals surface area contributed by atoms with Crippen molar-refractivity contribution in [3.05, 3.63) is 12.7 Å². The van der Waals surface area contributed by atoms with E-state index in [1.165, 1.54) is 25.7 Å². The maximum Gasteiger partial charge on any atom is 0.0809 e. The van der Waals surface area contributed by atoms with Crippen molar-refractivity contribution in [1.29, 1.82) is 0 Å². The van der Waals surface area contributed by atoms with E-state index in [9.17, 15) is 0 Å². The van der Waals surface area contributed by atoms with Crippen molar-refractivity contribution in [3.63, 3.8) is 0 Å². The lowest BCUT2D eigenvalue weighted by Crippen LogP contribution is -2.52. The van der Waals surface area contributed by atoms with Gasteiger partial charge in [0.25, 0.3) is 0 Å². The highest BCUT2D eigenvalue weighted by atomic mass is 16.5. The number of hydrogen-bond acceptors (Lipinski definition) is 2. The Morgan fingerprint density at radius 1 is 1.53 bits per heavy atom. The van der Waals surface area contributed by atoms with E-state index >= 15 is 0 Å². The molecule has 0 bridgehead atoms. The van der Waals surface area contributed by atoms with Crippen molar-refractivity contribution >= 4 is 0 Å². The standard InChI is InChI=1S/C13H25NO/c1-4-8-12(14-10-5-2)13(3)9-6-7-11-15-13/h4,12,14H,1,5-11H2,2-3H3. The van der Waals surface area contributed by atoms with Crippen LogP contribution in [0.25, 0.3) is 0 Å². The Kier molecular flexibility index (Phi) is 5.34. The molecule has 1 fully saturated rings. The van der Waals surface area contributed by atoms with Gasteiger partial charge in [0, 0.05) is 12.6 Å². The number of rotatable bonds is 6. The third-order valence-corrected chi connectivity index (χ3v) is 3.28. The maximum absolute atomic E-state index is 5.97. The summed E-state index contributed by atoms with van der Waals surface area (Å²) < 4.78 is 5.97. The van der Waals surface area contributed by atoms with Crippen molar-refractivity contribution in [2.45, 2.75) is 57.6 Å². The number of hydrogen-bond donors (Lipinski definition) is 1. The molecule has 0 amide bonds. The van der Waals surface area contributed by atoms with Crippen LogP contribution in [0.2, 0.25) is 0 Å². The molecule has 0 saturated carbocycles. The van der Waals surface area contributed by atoms with Gasteiger partial charge in [0.2, 0.25) is 0 Å². The molecule has 88 valence electrons. The molecular formula is C13H25NO. The molecule has 2 unspecified atom stereocenters. The molecule has 0 aromatic carbocycles. The summed E-state index contributed by atoms with van der Waals surface area (Å²) in [6.07, 6.45) is 7.83. The smallest absolute Gasteiger partial charge is 0.0809 e. The van der Waals surface area contributed by atoms with Crippen molar-refractivity contribution in [2.75, 3.05) is 13.2 Å². The van der Waals surface area contributed by atoms with Crippen molar-refractivity contribution in [3.8, 4) is 0 Å². The first-order valence-corrected chi connectivity index (χ1v) is 6.21. The summed E-state index contributed by atoms with van der Waals surface area (Å²) in [7, 11) is 0. The Labute approximate surface area is 94.1 Å². The fourth-order valence-corrected chi connectivity index (χ4v) is 2.26. The Hall–Kier alpha value is -0.340. The van der Waals surface area contributed by atoms with E-state index in [2.05, 4.69) is 25.7 Å². The average Bonchev–Trinajstić information content (AvgIpc) is 2.25. The molecule has 1 N–H and O–H groups in total. The van der Waals surface area contributed by atoms with Crippen LogP contribution in [-0.2, 0) is 4.74 Å². The van der Waals surface area contributed by atoms with Gasteiger partial charge in [-0.3, -0.25) is 0 Å². The molecule has 2 nitrogen and oxygen atoms in total. The molecule has 1 aliphatic heterocycles. The zero-order valence-corrected chi connectivity index (χ0v) is 10.2. The zero-order valence-electron chi connectivity index (χ0n) is 10.2. The summed E-state index contributed by atoms with van der Waals surface area (Å²) in [6, 6.07) is 0.426. The summed E-state index contributed by atoms with van der Waals surface area (Å²) in [6.45, 7) is 10.3. The van der Waals surface area contributed by atoms with Gasteiger partial charge >= 0.3 is 0 Å². The summed E-state index contributed by atoms with van der Waals surface area (Å²) in [5.41, 5.74) is 0.0155. The largest absolute Gasteiger partial charge is 0.374 e. The highest BCUT2D eigenvalue weighted by molar-refractivity contribution is 4.94. The lowest BCUT2D eigenvalue weighted by molar-refractivity contribution is -0.0878. The molecule has 0 spiro atoms.